The molecule has 12 atom stereocenters. The summed E-state index contributed by atoms with van der Waals surface area (Å²) in [5.74, 6) is -0.854. The van der Waals surface area contributed by atoms with Gasteiger partial charge in [0.15, 0.2) is 35.6 Å². The third-order valence-electron chi connectivity index (χ3n) is 8.80. The first kappa shape index (κ1) is 38.0. The van der Waals surface area contributed by atoms with Crippen LogP contribution in [0.15, 0.2) is 36.4 Å². The van der Waals surface area contributed by atoms with E-state index in [4.69, 9.17) is 28.4 Å². The first-order valence-electron chi connectivity index (χ1n) is 15.5. The van der Waals surface area contributed by atoms with Gasteiger partial charge in [0.25, 0.3) is 0 Å². The molecule has 2 fully saturated rings. The number of hydrogen-bond acceptors (Lipinski definition) is 16. The summed E-state index contributed by atoms with van der Waals surface area (Å²) in [7, 11) is 2.79. The van der Waals surface area contributed by atoms with Gasteiger partial charge < -0.3 is 79.5 Å². The molecule has 2 heterocycles. The Kier molecular flexibility index (Phi) is 13.6. The van der Waals surface area contributed by atoms with Crippen molar-refractivity contribution in [2.45, 2.75) is 74.3 Å². The maximum absolute atomic E-state index is 10.6. The summed E-state index contributed by atoms with van der Waals surface area (Å²) in [5.41, 5.74) is 1.38. The molecule has 2 aromatic rings. The van der Waals surface area contributed by atoms with Gasteiger partial charge in [-0.3, -0.25) is 0 Å². The zero-order chi connectivity index (χ0) is 35.1. The second kappa shape index (κ2) is 17.2. The third kappa shape index (κ3) is 8.84. The van der Waals surface area contributed by atoms with Crippen LogP contribution in [0, 0.1) is 11.8 Å². The summed E-state index contributed by atoms with van der Waals surface area (Å²) in [5, 5.41) is 102. The van der Waals surface area contributed by atoms with Crippen LogP contribution >= 0.6 is 0 Å². The van der Waals surface area contributed by atoms with Gasteiger partial charge in [0.2, 0.25) is 0 Å². The van der Waals surface area contributed by atoms with Crippen molar-refractivity contribution >= 4 is 0 Å². The smallest absolute Gasteiger partial charge is 0.186 e. The van der Waals surface area contributed by atoms with Crippen LogP contribution in [-0.2, 0) is 31.8 Å². The molecule has 16 heteroatoms. The fourth-order valence-corrected chi connectivity index (χ4v) is 5.87. The molecular formula is C32H46O16. The van der Waals surface area contributed by atoms with Gasteiger partial charge in [0.05, 0.1) is 40.6 Å². The lowest BCUT2D eigenvalue weighted by Crippen LogP contribution is -2.59. The molecule has 0 saturated carbocycles. The number of ether oxygens (including phenoxy) is 6. The number of aliphatic hydroxyl groups is 8. The lowest BCUT2D eigenvalue weighted by Gasteiger charge is -2.41. The van der Waals surface area contributed by atoms with Crippen molar-refractivity contribution in [2.24, 2.45) is 11.8 Å². The number of benzene rings is 2. The second-order valence-electron chi connectivity index (χ2n) is 12.0. The number of rotatable bonds is 15. The summed E-state index contributed by atoms with van der Waals surface area (Å²) in [4.78, 5) is 0. The van der Waals surface area contributed by atoms with Crippen LogP contribution in [0.3, 0.4) is 0 Å². The second-order valence-corrected chi connectivity index (χ2v) is 12.0. The summed E-state index contributed by atoms with van der Waals surface area (Å²) in [6.45, 7) is -1.63. The average molecular weight is 687 g/mol. The van der Waals surface area contributed by atoms with Crippen molar-refractivity contribution in [3.8, 4) is 23.0 Å². The van der Waals surface area contributed by atoms with E-state index >= 15 is 0 Å². The Labute approximate surface area is 276 Å². The lowest BCUT2D eigenvalue weighted by molar-refractivity contribution is -0.308. The molecule has 2 aliphatic rings. The average Bonchev–Trinajstić information content (AvgIpc) is 3.09. The minimum absolute atomic E-state index is 0.0888. The van der Waals surface area contributed by atoms with E-state index in [1.165, 1.54) is 26.4 Å². The van der Waals surface area contributed by atoms with E-state index in [0.29, 0.717) is 11.1 Å². The fraction of sp³-hybridized carbons (Fsp3) is 0.625. The van der Waals surface area contributed by atoms with E-state index in [2.05, 4.69) is 0 Å². The van der Waals surface area contributed by atoms with Crippen molar-refractivity contribution in [1.29, 1.82) is 0 Å². The van der Waals surface area contributed by atoms with Crippen LogP contribution < -0.4 is 9.47 Å². The van der Waals surface area contributed by atoms with Gasteiger partial charge in [-0.15, -0.1) is 0 Å². The molecule has 0 aromatic heterocycles. The molecule has 0 aliphatic carbocycles. The molecule has 48 heavy (non-hydrogen) atoms. The SMILES string of the molecule is COc1cc(C[C@@H](CO[C@H]2O[C@@H](CO)[C@@H](O)[C@H](O)[C@@H]2O)[C@@H](CO[C@@H]2O[C@@H](CO)[C@@H](O)[C@H](O)[C@@H]2O)Cc2ccc(O)c(OC)c2)ccc1O. The minimum atomic E-state index is -1.67. The monoisotopic (exact) mass is 686 g/mol. The highest BCUT2D eigenvalue weighted by molar-refractivity contribution is 5.43. The van der Waals surface area contributed by atoms with E-state index in [9.17, 15) is 51.1 Å². The zero-order valence-electron chi connectivity index (χ0n) is 26.6. The Bertz CT molecular complexity index is 1200. The zero-order valence-corrected chi connectivity index (χ0v) is 26.6. The molecule has 2 aliphatic heterocycles. The molecule has 0 amide bonds. The van der Waals surface area contributed by atoms with Crippen LogP contribution in [-0.4, -0.2) is 153 Å². The number of methoxy groups -OCH3 is 2. The Morgan fingerprint density at radius 3 is 1.29 bits per heavy atom. The molecule has 2 aromatic carbocycles. The van der Waals surface area contributed by atoms with Crippen molar-refractivity contribution in [1.82, 2.24) is 0 Å². The predicted octanol–water partition coefficient (Wildman–Crippen LogP) is -2.23. The minimum Gasteiger partial charge on any atom is -0.504 e. The number of hydrogen-bond donors (Lipinski definition) is 10. The number of aromatic hydroxyl groups is 2. The highest BCUT2D eigenvalue weighted by atomic mass is 16.7. The van der Waals surface area contributed by atoms with E-state index in [-0.39, 0.29) is 49.1 Å². The molecule has 16 nitrogen and oxygen atoms in total. The van der Waals surface area contributed by atoms with Crippen molar-refractivity contribution in [3.05, 3.63) is 47.5 Å². The van der Waals surface area contributed by atoms with Gasteiger partial charge in [0.1, 0.15) is 48.8 Å². The molecule has 270 valence electrons. The molecular weight excluding hydrogens is 640 g/mol. The Morgan fingerprint density at radius 2 is 0.958 bits per heavy atom. The Hall–Kier alpha value is -2.84. The first-order chi connectivity index (χ1) is 22.9. The fourth-order valence-electron chi connectivity index (χ4n) is 5.87. The molecule has 2 saturated heterocycles. The maximum Gasteiger partial charge on any atom is 0.186 e. The summed E-state index contributed by atoms with van der Waals surface area (Å²) < 4.78 is 33.6. The maximum atomic E-state index is 10.6. The standard InChI is InChI=1S/C32H46O16/c1-43-21-9-15(3-5-19(21)35)7-17(13-45-31-29(41)27(39)25(37)23(11-33)47-31)18(8-16-4-6-20(36)22(10-16)44-2)14-46-32-30(42)28(40)26(38)24(12-34)48-32/h3-6,9-10,17-18,23-42H,7-8,11-14H2,1-2H3/t17-,18+,23-,24-,25+,26+,27-,28-,29-,30-,31-,32+/m0/s1. The van der Waals surface area contributed by atoms with Crippen molar-refractivity contribution in [3.63, 3.8) is 0 Å². The van der Waals surface area contributed by atoms with E-state index in [0.717, 1.165) is 0 Å². The molecule has 0 radical (unpaired) electrons. The van der Waals surface area contributed by atoms with Crippen LogP contribution in [0.1, 0.15) is 11.1 Å². The van der Waals surface area contributed by atoms with Gasteiger partial charge in [0, 0.05) is 0 Å². The normalized spacial score (nSPS) is 32.0. The van der Waals surface area contributed by atoms with Crippen LogP contribution in [0.4, 0.5) is 0 Å². The molecule has 0 bridgehead atoms. The van der Waals surface area contributed by atoms with E-state index in [1.54, 1.807) is 24.3 Å². The van der Waals surface area contributed by atoms with Gasteiger partial charge in [-0.25, -0.2) is 0 Å². The molecule has 0 spiro atoms. The number of aliphatic hydroxyl groups excluding tert-OH is 8. The van der Waals surface area contributed by atoms with E-state index < -0.39 is 86.5 Å². The Morgan fingerprint density at radius 1 is 0.583 bits per heavy atom. The van der Waals surface area contributed by atoms with Crippen LogP contribution in [0.2, 0.25) is 0 Å². The summed E-state index contributed by atoms with van der Waals surface area (Å²) in [6.07, 6.45) is -14.7. The van der Waals surface area contributed by atoms with Gasteiger partial charge in [-0.1, -0.05) is 12.1 Å². The molecule has 4 rings (SSSR count). The summed E-state index contributed by atoms with van der Waals surface area (Å²) >= 11 is 0. The predicted molar refractivity (Wildman–Crippen MR) is 163 cm³/mol. The van der Waals surface area contributed by atoms with Gasteiger partial charge in [-0.2, -0.15) is 0 Å². The quantitative estimate of drug-likeness (QED) is 0.0951. The highest BCUT2D eigenvalue weighted by Crippen LogP contribution is 2.34. The van der Waals surface area contributed by atoms with E-state index in [1.807, 2.05) is 0 Å². The van der Waals surface area contributed by atoms with Crippen molar-refractivity contribution in [2.75, 3.05) is 40.6 Å². The molecule has 0 unspecified atom stereocenters. The molecule has 10 N–H and O–H groups in total. The number of phenolic OH excluding ortho intramolecular Hbond substituents is 2. The number of phenols is 2. The van der Waals surface area contributed by atoms with Gasteiger partial charge >= 0.3 is 0 Å². The topological polar surface area (TPSA) is 258 Å². The summed E-state index contributed by atoms with van der Waals surface area (Å²) in [6, 6.07) is 9.47. The van der Waals surface area contributed by atoms with Crippen molar-refractivity contribution < 1.29 is 79.5 Å². The first-order valence-corrected chi connectivity index (χ1v) is 15.5. The largest absolute Gasteiger partial charge is 0.504 e. The highest BCUT2D eigenvalue weighted by Gasteiger charge is 2.46. The Balaban J connectivity index is 1.66. The van der Waals surface area contributed by atoms with Gasteiger partial charge in [-0.05, 0) is 60.1 Å². The third-order valence-corrected chi connectivity index (χ3v) is 8.80. The van der Waals surface area contributed by atoms with Crippen LogP contribution in [0.5, 0.6) is 23.0 Å². The van der Waals surface area contributed by atoms with Crippen LogP contribution in [0.25, 0.3) is 0 Å². The lowest BCUT2D eigenvalue weighted by atomic mass is 9.83.